The summed E-state index contributed by atoms with van der Waals surface area (Å²) in [6.45, 7) is 2.08. The zero-order valence-electron chi connectivity index (χ0n) is 9.07. The minimum Gasteiger partial charge on any atom is -0.399 e. The van der Waals surface area contributed by atoms with Crippen LogP contribution in [-0.2, 0) is 4.79 Å². The van der Waals surface area contributed by atoms with Crippen LogP contribution in [0.25, 0.3) is 6.08 Å². The average molecular weight is 203 g/mol. The third kappa shape index (κ3) is 4.45. The van der Waals surface area contributed by atoms with Gasteiger partial charge in [0.25, 0.3) is 0 Å². The van der Waals surface area contributed by atoms with Gasteiger partial charge >= 0.3 is 0 Å². The molecule has 0 spiro atoms. The predicted molar refractivity (Wildman–Crippen MR) is 64.4 cm³/mol. The maximum absolute atomic E-state index is 11.3. The first-order valence-corrected chi connectivity index (χ1v) is 5.29. The van der Waals surface area contributed by atoms with E-state index in [2.05, 4.69) is 6.92 Å². The van der Waals surface area contributed by atoms with Crippen LogP contribution in [0.4, 0.5) is 5.69 Å². The van der Waals surface area contributed by atoms with Gasteiger partial charge in [-0.25, -0.2) is 0 Å². The van der Waals surface area contributed by atoms with E-state index >= 15 is 0 Å². The molecule has 0 unspecified atom stereocenters. The highest BCUT2D eigenvalue weighted by molar-refractivity contribution is 5.93. The molecule has 0 amide bonds. The highest BCUT2D eigenvalue weighted by atomic mass is 16.1. The summed E-state index contributed by atoms with van der Waals surface area (Å²) in [5.74, 6) is 0.189. The van der Waals surface area contributed by atoms with E-state index < -0.39 is 0 Å². The molecule has 80 valence electrons. The second kappa shape index (κ2) is 6.02. The Balaban J connectivity index is 2.50. The molecule has 1 aromatic rings. The van der Waals surface area contributed by atoms with Gasteiger partial charge in [0, 0.05) is 12.1 Å². The first-order valence-electron chi connectivity index (χ1n) is 5.29. The highest BCUT2D eigenvalue weighted by Gasteiger charge is 1.94. The number of ketones is 1. The topological polar surface area (TPSA) is 43.1 Å². The number of unbranched alkanes of at least 4 members (excludes halogenated alkanes) is 1. The molecule has 0 saturated carbocycles. The number of carbonyl (C=O) groups is 1. The molecule has 0 aliphatic rings. The van der Waals surface area contributed by atoms with Gasteiger partial charge in [-0.2, -0.15) is 0 Å². The smallest absolute Gasteiger partial charge is 0.155 e. The van der Waals surface area contributed by atoms with Crippen molar-refractivity contribution in [3.63, 3.8) is 0 Å². The number of benzene rings is 1. The van der Waals surface area contributed by atoms with E-state index in [1.165, 1.54) is 0 Å². The molecule has 0 heterocycles. The molecule has 1 aromatic carbocycles. The van der Waals surface area contributed by atoms with Crippen LogP contribution >= 0.6 is 0 Å². The third-order valence-corrected chi connectivity index (χ3v) is 2.17. The zero-order valence-corrected chi connectivity index (χ0v) is 9.07. The first-order chi connectivity index (χ1) is 7.22. The Bertz CT molecular complexity index is 338. The third-order valence-electron chi connectivity index (χ3n) is 2.17. The molecule has 0 aromatic heterocycles. The van der Waals surface area contributed by atoms with Gasteiger partial charge in [0.05, 0.1) is 0 Å². The second-order valence-corrected chi connectivity index (χ2v) is 3.57. The largest absolute Gasteiger partial charge is 0.399 e. The van der Waals surface area contributed by atoms with E-state index in [9.17, 15) is 4.79 Å². The summed E-state index contributed by atoms with van der Waals surface area (Å²) in [7, 11) is 0. The van der Waals surface area contributed by atoms with Gasteiger partial charge in [-0.05, 0) is 30.2 Å². The van der Waals surface area contributed by atoms with Crippen molar-refractivity contribution in [2.75, 3.05) is 5.73 Å². The normalized spacial score (nSPS) is 10.7. The van der Waals surface area contributed by atoms with Crippen LogP contribution in [-0.4, -0.2) is 5.78 Å². The lowest BCUT2D eigenvalue weighted by atomic mass is 10.1. The molecule has 2 N–H and O–H groups in total. The number of hydrogen-bond donors (Lipinski definition) is 1. The number of nitrogen functional groups attached to an aromatic ring is 1. The van der Waals surface area contributed by atoms with Gasteiger partial charge in [0.2, 0.25) is 0 Å². The molecule has 0 bridgehead atoms. The summed E-state index contributed by atoms with van der Waals surface area (Å²) in [5.41, 5.74) is 7.31. The van der Waals surface area contributed by atoms with Crippen LogP contribution < -0.4 is 5.73 Å². The zero-order chi connectivity index (χ0) is 11.1. The van der Waals surface area contributed by atoms with E-state index in [0.29, 0.717) is 6.42 Å². The highest BCUT2D eigenvalue weighted by Crippen LogP contribution is 2.07. The fraction of sp³-hybridized carbons (Fsp3) is 0.308. The van der Waals surface area contributed by atoms with Gasteiger partial charge in [-0.1, -0.05) is 31.6 Å². The molecule has 0 aliphatic carbocycles. The van der Waals surface area contributed by atoms with Crippen molar-refractivity contribution in [2.24, 2.45) is 0 Å². The number of rotatable bonds is 5. The summed E-state index contributed by atoms with van der Waals surface area (Å²) in [4.78, 5) is 11.3. The Kier molecular flexibility index (Phi) is 4.61. The second-order valence-electron chi connectivity index (χ2n) is 3.57. The molecule has 0 atom stereocenters. The Labute approximate surface area is 90.8 Å². The predicted octanol–water partition coefficient (Wildman–Crippen LogP) is 3.04. The Morgan fingerprint density at radius 3 is 2.60 bits per heavy atom. The monoisotopic (exact) mass is 203 g/mol. The fourth-order valence-electron chi connectivity index (χ4n) is 1.23. The SMILES string of the molecule is CCCCC(=O)/C=C/c1ccc(N)cc1. The van der Waals surface area contributed by atoms with Crippen LogP contribution in [0.2, 0.25) is 0 Å². The number of allylic oxidation sites excluding steroid dienone is 1. The summed E-state index contributed by atoms with van der Waals surface area (Å²) in [6.07, 6.45) is 6.13. The number of anilines is 1. The molecule has 0 fully saturated rings. The molecule has 1 rings (SSSR count). The van der Waals surface area contributed by atoms with Crippen LogP contribution in [0.15, 0.2) is 30.3 Å². The van der Waals surface area contributed by atoms with Crippen molar-refractivity contribution >= 4 is 17.5 Å². The summed E-state index contributed by atoms with van der Waals surface area (Å²) >= 11 is 0. The number of carbonyl (C=O) groups excluding carboxylic acids is 1. The Hall–Kier alpha value is -1.57. The summed E-state index contributed by atoms with van der Waals surface area (Å²) in [5, 5.41) is 0. The van der Waals surface area contributed by atoms with Gasteiger partial charge in [0.1, 0.15) is 0 Å². The minimum atomic E-state index is 0.189. The number of nitrogens with two attached hydrogens (primary N) is 1. The van der Waals surface area contributed by atoms with Gasteiger partial charge in [-0.3, -0.25) is 4.79 Å². The average Bonchev–Trinajstić information content (AvgIpc) is 2.25. The molecular weight excluding hydrogens is 186 g/mol. The molecule has 15 heavy (non-hydrogen) atoms. The maximum atomic E-state index is 11.3. The van der Waals surface area contributed by atoms with E-state index in [-0.39, 0.29) is 5.78 Å². The van der Waals surface area contributed by atoms with Crippen LogP contribution in [0.1, 0.15) is 31.7 Å². The molecule has 2 nitrogen and oxygen atoms in total. The van der Waals surface area contributed by atoms with Crippen LogP contribution in [0.5, 0.6) is 0 Å². The summed E-state index contributed by atoms with van der Waals surface area (Å²) in [6, 6.07) is 7.46. The van der Waals surface area contributed by atoms with Crippen molar-refractivity contribution < 1.29 is 4.79 Å². The quantitative estimate of drug-likeness (QED) is 0.590. The lowest BCUT2D eigenvalue weighted by Crippen LogP contribution is -1.91. The molecule has 0 saturated heterocycles. The lowest BCUT2D eigenvalue weighted by Gasteiger charge is -1.95. The summed E-state index contributed by atoms with van der Waals surface area (Å²) < 4.78 is 0. The van der Waals surface area contributed by atoms with E-state index in [0.717, 1.165) is 24.1 Å². The standard InChI is InChI=1S/C13H17NO/c1-2-3-4-13(15)10-7-11-5-8-12(14)9-6-11/h5-10H,2-4,14H2,1H3/b10-7+. The van der Waals surface area contributed by atoms with Crippen molar-refractivity contribution in [1.82, 2.24) is 0 Å². The van der Waals surface area contributed by atoms with E-state index in [1.54, 1.807) is 6.08 Å². The van der Waals surface area contributed by atoms with Crippen LogP contribution in [0, 0.1) is 0 Å². The van der Waals surface area contributed by atoms with Crippen molar-refractivity contribution in [1.29, 1.82) is 0 Å². The van der Waals surface area contributed by atoms with Crippen molar-refractivity contribution in [2.45, 2.75) is 26.2 Å². The van der Waals surface area contributed by atoms with Gasteiger partial charge in [0.15, 0.2) is 5.78 Å². The van der Waals surface area contributed by atoms with E-state index in [1.807, 2.05) is 30.3 Å². The van der Waals surface area contributed by atoms with Gasteiger partial charge in [-0.15, -0.1) is 0 Å². The first kappa shape index (κ1) is 11.5. The lowest BCUT2D eigenvalue weighted by molar-refractivity contribution is -0.114. The Morgan fingerprint density at radius 1 is 1.33 bits per heavy atom. The van der Waals surface area contributed by atoms with E-state index in [4.69, 9.17) is 5.73 Å². The maximum Gasteiger partial charge on any atom is 0.155 e. The molecule has 0 aliphatic heterocycles. The molecule has 2 heteroatoms. The number of hydrogen-bond acceptors (Lipinski definition) is 2. The van der Waals surface area contributed by atoms with Crippen molar-refractivity contribution in [3.8, 4) is 0 Å². The minimum absolute atomic E-state index is 0.189. The van der Waals surface area contributed by atoms with Crippen LogP contribution in [0.3, 0.4) is 0 Å². The Morgan fingerprint density at radius 2 is 2.00 bits per heavy atom. The molecule has 0 radical (unpaired) electrons. The van der Waals surface area contributed by atoms with Gasteiger partial charge < -0.3 is 5.73 Å². The molecular formula is C13H17NO. The fourth-order valence-corrected chi connectivity index (χ4v) is 1.23. The van der Waals surface area contributed by atoms with Crippen molar-refractivity contribution in [3.05, 3.63) is 35.9 Å².